The Kier molecular flexibility index (Phi) is 2.44. The predicted octanol–water partition coefficient (Wildman–Crippen LogP) is 1.09. The van der Waals surface area contributed by atoms with Gasteiger partial charge in [0.15, 0.2) is 5.78 Å². The van der Waals surface area contributed by atoms with Crippen molar-refractivity contribution < 1.29 is 4.79 Å². The van der Waals surface area contributed by atoms with E-state index in [1.165, 1.54) is 0 Å². The second-order valence-corrected chi connectivity index (χ2v) is 3.07. The third-order valence-electron chi connectivity index (χ3n) is 1.94. The summed E-state index contributed by atoms with van der Waals surface area (Å²) in [7, 11) is 0. The van der Waals surface area contributed by atoms with Gasteiger partial charge >= 0.3 is 0 Å². The Labute approximate surface area is 61.8 Å². The Morgan fingerprint density at radius 2 is 2.30 bits per heavy atom. The molecule has 0 radical (unpaired) electrons. The number of rotatable bonds is 4. The van der Waals surface area contributed by atoms with Crippen molar-refractivity contribution in [1.29, 1.82) is 0 Å². The van der Waals surface area contributed by atoms with Gasteiger partial charge in [0.25, 0.3) is 0 Å². The Balaban J connectivity index is 2.24. The minimum atomic E-state index is -0.169. The van der Waals surface area contributed by atoms with Crippen LogP contribution in [0.4, 0.5) is 0 Å². The van der Waals surface area contributed by atoms with Gasteiger partial charge in [-0.25, -0.2) is 0 Å². The minimum absolute atomic E-state index is 0.169. The second-order valence-electron chi connectivity index (χ2n) is 3.07. The molecular weight excluding hydrogens is 126 g/mol. The van der Waals surface area contributed by atoms with Crippen molar-refractivity contribution in [3.63, 3.8) is 0 Å². The van der Waals surface area contributed by atoms with Crippen LogP contribution >= 0.6 is 0 Å². The number of carbonyl (C=O) groups is 1. The van der Waals surface area contributed by atoms with Gasteiger partial charge in [0.1, 0.15) is 0 Å². The lowest BCUT2D eigenvalue weighted by atomic mass is 10.1. The van der Waals surface area contributed by atoms with Crippen molar-refractivity contribution in [3.8, 4) is 0 Å². The quantitative estimate of drug-likeness (QED) is 0.637. The molecule has 0 unspecified atom stereocenters. The van der Waals surface area contributed by atoms with Crippen LogP contribution in [-0.4, -0.2) is 11.8 Å². The normalized spacial score (nSPS) is 20.6. The van der Waals surface area contributed by atoms with E-state index in [4.69, 9.17) is 5.73 Å². The first-order valence-electron chi connectivity index (χ1n) is 4.05. The van der Waals surface area contributed by atoms with E-state index in [1.807, 2.05) is 0 Å². The van der Waals surface area contributed by atoms with Crippen LogP contribution in [0.15, 0.2) is 0 Å². The molecular formula is C8H15NO. The van der Waals surface area contributed by atoms with E-state index < -0.39 is 0 Å². The van der Waals surface area contributed by atoms with E-state index in [2.05, 4.69) is 6.92 Å². The van der Waals surface area contributed by atoms with E-state index >= 15 is 0 Å². The second kappa shape index (κ2) is 3.15. The highest BCUT2D eigenvalue weighted by Crippen LogP contribution is 2.31. The van der Waals surface area contributed by atoms with Gasteiger partial charge < -0.3 is 5.73 Å². The lowest BCUT2D eigenvalue weighted by Crippen LogP contribution is -2.31. The topological polar surface area (TPSA) is 43.1 Å². The zero-order valence-electron chi connectivity index (χ0n) is 6.47. The van der Waals surface area contributed by atoms with E-state index in [1.54, 1.807) is 0 Å². The zero-order valence-corrected chi connectivity index (χ0v) is 6.47. The first-order chi connectivity index (χ1) is 4.75. The summed E-state index contributed by atoms with van der Waals surface area (Å²) in [6.07, 6.45) is 4.03. The SMILES string of the molecule is CCC[C@@H](N)C(=O)C1CC1. The predicted molar refractivity (Wildman–Crippen MR) is 40.6 cm³/mol. The molecule has 0 aromatic heterocycles. The van der Waals surface area contributed by atoms with Crippen LogP contribution < -0.4 is 5.73 Å². The van der Waals surface area contributed by atoms with Gasteiger partial charge in [-0.3, -0.25) is 4.79 Å². The van der Waals surface area contributed by atoms with Gasteiger partial charge in [-0.05, 0) is 19.3 Å². The van der Waals surface area contributed by atoms with Crippen molar-refractivity contribution in [2.24, 2.45) is 11.7 Å². The molecule has 2 heteroatoms. The van der Waals surface area contributed by atoms with Gasteiger partial charge in [0, 0.05) is 5.92 Å². The fraction of sp³-hybridized carbons (Fsp3) is 0.875. The maximum absolute atomic E-state index is 11.2. The molecule has 10 heavy (non-hydrogen) atoms. The van der Waals surface area contributed by atoms with E-state index in [-0.39, 0.29) is 6.04 Å². The smallest absolute Gasteiger partial charge is 0.152 e. The summed E-state index contributed by atoms with van der Waals surface area (Å²) in [5.74, 6) is 0.628. The Morgan fingerprint density at radius 3 is 2.70 bits per heavy atom. The maximum atomic E-state index is 11.2. The molecule has 1 aliphatic carbocycles. The number of carbonyl (C=O) groups excluding carboxylic acids is 1. The number of hydrogen-bond donors (Lipinski definition) is 1. The molecule has 2 N–H and O–H groups in total. The first-order valence-corrected chi connectivity index (χ1v) is 4.05. The van der Waals surface area contributed by atoms with Crippen LogP contribution in [0, 0.1) is 5.92 Å². The molecule has 1 atom stereocenters. The molecule has 0 spiro atoms. The van der Waals surface area contributed by atoms with Crippen molar-refractivity contribution in [2.45, 2.75) is 38.6 Å². The molecule has 58 valence electrons. The van der Waals surface area contributed by atoms with Gasteiger partial charge in [-0.2, -0.15) is 0 Å². The lowest BCUT2D eigenvalue weighted by molar-refractivity contribution is -0.121. The van der Waals surface area contributed by atoms with Crippen molar-refractivity contribution in [2.75, 3.05) is 0 Å². The fourth-order valence-corrected chi connectivity index (χ4v) is 1.12. The molecule has 0 aromatic rings. The van der Waals surface area contributed by atoms with Crippen LogP contribution in [-0.2, 0) is 4.79 Å². The Bertz CT molecular complexity index is 129. The molecule has 2 nitrogen and oxygen atoms in total. The van der Waals surface area contributed by atoms with Crippen LogP contribution in [0.25, 0.3) is 0 Å². The highest BCUT2D eigenvalue weighted by atomic mass is 16.1. The van der Waals surface area contributed by atoms with Crippen molar-refractivity contribution in [1.82, 2.24) is 0 Å². The molecule has 0 amide bonds. The van der Waals surface area contributed by atoms with E-state index in [0.717, 1.165) is 25.7 Å². The summed E-state index contributed by atoms with van der Waals surface area (Å²) in [6.45, 7) is 2.06. The Morgan fingerprint density at radius 1 is 1.70 bits per heavy atom. The molecule has 1 fully saturated rings. The summed E-state index contributed by atoms with van der Waals surface area (Å²) in [5, 5.41) is 0. The average molecular weight is 141 g/mol. The van der Waals surface area contributed by atoms with Crippen LogP contribution in [0.5, 0.6) is 0 Å². The summed E-state index contributed by atoms with van der Waals surface area (Å²) in [6, 6.07) is -0.169. The molecule has 0 bridgehead atoms. The Hall–Kier alpha value is -0.370. The molecule has 0 aromatic carbocycles. The largest absolute Gasteiger partial charge is 0.321 e. The summed E-state index contributed by atoms with van der Waals surface area (Å²) >= 11 is 0. The highest BCUT2D eigenvalue weighted by Gasteiger charge is 2.32. The van der Waals surface area contributed by atoms with E-state index in [9.17, 15) is 4.79 Å². The molecule has 0 heterocycles. The third kappa shape index (κ3) is 1.81. The lowest BCUT2D eigenvalue weighted by Gasteiger charge is -2.06. The summed E-state index contributed by atoms with van der Waals surface area (Å²) < 4.78 is 0. The summed E-state index contributed by atoms with van der Waals surface area (Å²) in [5.41, 5.74) is 5.62. The van der Waals surface area contributed by atoms with E-state index in [0.29, 0.717) is 11.7 Å². The molecule has 0 saturated heterocycles. The third-order valence-corrected chi connectivity index (χ3v) is 1.94. The number of hydrogen-bond acceptors (Lipinski definition) is 2. The number of Topliss-reactive ketones (excluding diaryl/α,β-unsaturated/α-hetero) is 1. The molecule has 1 saturated carbocycles. The van der Waals surface area contributed by atoms with Crippen LogP contribution in [0.1, 0.15) is 32.6 Å². The first kappa shape index (κ1) is 7.73. The standard InChI is InChI=1S/C8H15NO/c1-2-3-7(9)8(10)6-4-5-6/h6-7H,2-5,9H2,1H3/t7-/m1/s1. The van der Waals surface area contributed by atoms with Crippen LogP contribution in [0.2, 0.25) is 0 Å². The fourth-order valence-electron chi connectivity index (χ4n) is 1.12. The number of nitrogens with two attached hydrogens (primary N) is 1. The van der Waals surface area contributed by atoms with Crippen molar-refractivity contribution in [3.05, 3.63) is 0 Å². The summed E-state index contributed by atoms with van der Waals surface area (Å²) in [4.78, 5) is 11.2. The molecule has 1 rings (SSSR count). The molecule has 1 aliphatic rings. The van der Waals surface area contributed by atoms with Gasteiger partial charge in [0.05, 0.1) is 6.04 Å². The minimum Gasteiger partial charge on any atom is -0.321 e. The zero-order chi connectivity index (χ0) is 7.56. The maximum Gasteiger partial charge on any atom is 0.152 e. The molecule has 0 aliphatic heterocycles. The number of ketones is 1. The van der Waals surface area contributed by atoms with Crippen molar-refractivity contribution >= 4 is 5.78 Å². The van der Waals surface area contributed by atoms with Crippen LogP contribution in [0.3, 0.4) is 0 Å². The monoisotopic (exact) mass is 141 g/mol. The highest BCUT2D eigenvalue weighted by molar-refractivity contribution is 5.87. The van der Waals surface area contributed by atoms with Gasteiger partial charge in [-0.1, -0.05) is 13.3 Å². The van der Waals surface area contributed by atoms with Gasteiger partial charge in [0.2, 0.25) is 0 Å². The average Bonchev–Trinajstić information content (AvgIpc) is 2.68. The van der Waals surface area contributed by atoms with Gasteiger partial charge in [-0.15, -0.1) is 0 Å².